The van der Waals surface area contributed by atoms with Gasteiger partial charge in [-0.25, -0.2) is 18.1 Å². The Morgan fingerprint density at radius 1 is 1.15 bits per heavy atom. The molecule has 0 aliphatic carbocycles. The molecule has 0 bridgehead atoms. The first-order chi connectivity index (χ1) is 15.4. The van der Waals surface area contributed by atoms with E-state index in [1.807, 2.05) is 32.0 Å². The van der Waals surface area contributed by atoms with Crippen LogP contribution >= 0.6 is 0 Å². The molecule has 0 saturated carbocycles. The topological polar surface area (TPSA) is 148 Å². The monoisotopic (exact) mass is 479 g/mol. The summed E-state index contributed by atoms with van der Waals surface area (Å²) in [5.74, 6) is -1.31. The molecule has 0 saturated heterocycles. The fraction of sp³-hybridized carbons (Fsp3) is 0.429. The molecule has 0 aliphatic heterocycles. The maximum absolute atomic E-state index is 12.2. The minimum absolute atomic E-state index is 0.150. The second-order valence-corrected chi connectivity index (χ2v) is 9.26. The van der Waals surface area contributed by atoms with Gasteiger partial charge >= 0.3 is 5.97 Å². The summed E-state index contributed by atoms with van der Waals surface area (Å²) in [6.07, 6.45) is -0.0742. The smallest absolute Gasteiger partial charge is 0.307 e. The fourth-order valence-corrected chi connectivity index (χ4v) is 3.90. The van der Waals surface area contributed by atoms with Crippen LogP contribution in [0, 0.1) is 20.8 Å². The van der Waals surface area contributed by atoms with Crippen LogP contribution in [0.2, 0.25) is 0 Å². The molecule has 1 unspecified atom stereocenters. The summed E-state index contributed by atoms with van der Waals surface area (Å²) in [5, 5.41) is 5.00. The van der Waals surface area contributed by atoms with Crippen molar-refractivity contribution in [1.82, 2.24) is 19.6 Å². The van der Waals surface area contributed by atoms with Crippen LogP contribution in [-0.2, 0) is 36.2 Å². The number of hydrogen-bond acceptors (Lipinski definition) is 7. The first-order valence-corrected chi connectivity index (χ1v) is 11.7. The van der Waals surface area contributed by atoms with Crippen molar-refractivity contribution in [3.63, 3.8) is 0 Å². The number of ether oxygens (including phenoxy) is 1. The third kappa shape index (κ3) is 7.39. The molecule has 2 rings (SSSR count). The zero-order valence-electron chi connectivity index (χ0n) is 19.3. The van der Waals surface area contributed by atoms with Gasteiger partial charge in [0.2, 0.25) is 5.91 Å². The van der Waals surface area contributed by atoms with E-state index in [9.17, 15) is 22.8 Å². The molecule has 1 atom stereocenters. The van der Waals surface area contributed by atoms with Gasteiger partial charge in [0.05, 0.1) is 13.0 Å². The van der Waals surface area contributed by atoms with Crippen molar-refractivity contribution in [2.24, 2.45) is 7.05 Å². The number of aryl methyl sites for hydroxylation is 4. The molecule has 12 heteroatoms. The van der Waals surface area contributed by atoms with Crippen LogP contribution in [0.25, 0.3) is 0 Å². The summed E-state index contributed by atoms with van der Waals surface area (Å²) in [6, 6.07) is 5.60. The summed E-state index contributed by atoms with van der Waals surface area (Å²) < 4.78 is 33.2. The van der Waals surface area contributed by atoms with E-state index in [2.05, 4.69) is 20.3 Å². The van der Waals surface area contributed by atoms with Crippen molar-refractivity contribution < 1.29 is 27.5 Å². The summed E-state index contributed by atoms with van der Waals surface area (Å²) in [4.78, 5) is 40.2. The number of carbonyl (C=O) groups excluding carboxylic acids is 3. The molecule has 1 heterocycles. The lowest BCUT2D eigenvalue weighted by Gasteiger charge is -2.15. The molecule has 1 aromatic carbocycles. The van der Waals surface area contributed by atoms with Gasteiger partial charge < -0.3 is 19.9 Å². The Balaban J connectivity index is 1.75. The average molecular weight is 480 g/mol. The quantitative estimate of drug-likeness (QED) is 0.425. The van der Waals surface area contributed by atoms with Gasteiger partial charge in [0.15, 0.2) is 11.1 Å². The molecule has 11 nitrogen and oxygen atoms in total. The van der Waals surface area contributed by atoms with E-state index >= 15 is 0 Å². The van der Waals surface area contributed by atoms with Crippen molar-refractivity contribution in [2.75, 3.05) is 18.4 Å². The lowest BCUT2D eigenvalue weighted by Crippen LogP contribution is -2.40. The van der Waals surface area contributed by atoms with Crippen LogP contribution in [0.1, 0.15) is 30.3 Å². The molecule has 1 aromatic heterocycles. The largest absolute Gasteiger partial charge is 0.453 e. The van der Waals surface area contributed by atoms with E-state index in [1.54, 1.807) is 18.5 Å². The number of nitrogens with zero attached hydrogens (tertiary/aromatic N) is 2. The third-order valence-corrected chi connectivity index (χ3v) is 6.16. The second-order valence-electron chi connectivity index (χ2n) is 7.55. The highest BCUT2D eigenvalue weighted by Crippen LogP contribution is 2.19. The highest BCUT2D eigenvalue weighted by Gasteiger charge is 2.21. The maximum atomic E-state index is 12.2. The summed E-state index contributed by atoms with van der Waals surface area (Å²) >= 11 is 0. The minimum atomic E-state index is -3.87. The Kier molecular flexibility index (Phi) is 8.71. The number of benzene rings is 1. The SMILES string of the molecule is Cc1cccc(C)c1NC(=O)CNC(=O)C(C)OC(=O)CCNS(=O)(=O)c1cn(C)c(C)n1. The molecule has 2 aromatic rings. The Hall–Kier alpha value is -3.25. The number of imidazole rings is 1. The van der Waals surface area contributed by atoms with Gasteiger partial charge in [0.1, 0.15) is 5.82 Å². The number of esters is 1. The average Bonchev–Trinajstić information content (AvgIpc) is 3.08. The van der Waals surface area contributed by atoms with Crippen LogP contribution in [0.4, 0.5) is 5.69 Å². The molecule has 33 heavy (non-hydrogen) atoms. The number of sulfonamides is 1. The Bertz CT molecular complexity index is 1100. The predicted octanol–water partition coefficient (Wildman–Crippen LogP) is 0.700. The van der Waals surface area contributed by atoms with Crippen LogP contribution in [0.5, 0.6) is 0 Å². The first kappa shape index (κ1) is 26.0. The number of para-hydroxylation sites is 1. The third-order valence-electron chi connectivity index (χ3n) is 4.83. The molecule has 3 N–H and O–H groups in total. The van der Waals surface area contributed by atoms with Gasteiger partial charge in [-0.1, -0.05) is 18.2 Å². The molecule has 2 amide bonds. The van der Waals surface area contributed by atoms with Crippen LogP contribution in [0.15, 0.2) is 29.4 Å². The lowest BCUT2D eigenvalue weighted by atomic mass is 10.1. The zero-order chi connectivity index (χ0) is 24.8. The molecular formula is C21H29N5O6S. The Labute approximate surface area is 193 Å². The zero-order valence-corrected chi connectivity index (χ0v) is 20.1. The molecule has 180 valence electrons. The van der Waals surface area contributed by atoms with Crippen molar-refractivity contribution in [2.45, 2.75) is 45.2 Å². The van der Waals surface area contributed by atoms with Crippen molar-refractivity contribution >= 4 is 33.5 Å². The predicted molar refractivity (Wildman–Crippen MR) is 121 cm³/mol. The van der Waals surface area contributed by atoms with E-state index in [0.29, 0.717) is 11.5 Å². The fourth-order valence-electron chi connectivity index (χ4n) is 2.83. The highest BCUT2D eigenvalue weighted by molar-refractivity contribution is 7.89. The van der Waals surface area contributed by atoms with E-state index in [1.165, 1.54) is 13.1 Å². The highest BCUT2D eigenvalue weighted by atomic mass is 32.2. The maximum Gasteiger partial charge on any atom is 0.307 e. The van der Waals surface area contributed by atoms with Gasteiger partial charge in [-0.15, -0.1) is 0 Å². The molecular weight excluding hydrogens is 450 g/mol. The number of aromatic nitrogens is 2. The standard InChI is InChI=1S/C21H29N5O6S/c1-13-7-6-8-14(2)20(13)25-17(27)11-22-21(29)15(3)32-19(28)9-10-23-33(30,31)18-12-26(5)16(4)24-18/h6-8,12,15,23H,9-11H2,1-5H3,(H,22,29)(H,25,27). The van der Waals surface area contributed by atoms with Crippen molar-refractivity contribution in [3.05, 3.63) is 41.3 Å². The van der Waals surface area contributed by atoms with Gasteiger partial charge in [-0.05, 0) is 38.8 Å². The van der Waals surface area contributed by atoms with Crippen molar-refractivity contribution in [1.29, 1.82) is 0 Å². The summed E-state index contributed by atoms with van der Waals surface area (Å²) in [5.41, 5.74) is 2.47. The summed E-state index contributed by atoms with van der Waals surface area (Å²) in [7, 11) is -2.20. The number of rotatable bonds is 10. The number of anilines is 1. The number of hydrogen-bond donors (Lipinski definition) is 3. The van der Waals surface area contributed by atoms with Crippen LogP contribution in [0.3, 0.4) is 0 Å². The van der Waals surface area contributed by atoms with E-state index < -0.39 is 33.9 Å². The van der Waals surface area contributed by atoms with E-state index in [0.717, 1.165) is 11.1 Å². The summed E-state index contributed by atoms with van der Waals surface area (Å²) in [6.45, 7) is 6.23. The van der Waals surface area contributed by atoms with Crippen LogP contribution < -0.4 is 15.4 Å². The van der Waals surface area contributed by atoms with E-state index in [-0.39, 0.29) is 24.5 Å². The molecule has 0 fully saturated rings. The molecule has 0 spiro atoms. The van der Waals surface area contributed by atoms with Gasteiger partial charge in [-0.2, -0.15) is 0 Å². The minimum Gasteiger partial charge on any atom is -0.453 e. The van der Waals surface area contributed by atoms with Crippen molar-refractivity contribution in [3.8, 4) is 0 Å². The molecule has 0 radical (unpaired) electrons. The second kappa shape index (κ2) is 11.1. The van der Waals surface area contributed by atoms with Gasteiger partial charge in [0, 0.05) is 25.5 Å². The Morgan fingerprint density at radius 2 is 1.79 bits per heavy atom. The number of nitrogens with one attached hydrogen (secondary N) is 3. The molecule has 0 aliphatic rings. The number of carbonyl (C=O) groups is 3. The van der Waals surface area contributed by atoms with Gasteiger partial charge in [0.25, 0.3) is 15.9 Å². The van der Waals surface area contributed by atoms with Gasteiger partial charge in [-0.3, -0.25) is 14.4 Å². The Morgan fingerprint density at radius 3 is 2.36 bits per heavy atom. The van der Waals surface area contributed by atoms with E-state index in [4.69, 9.17) is 4.74 Å². The van der Waals surface area contributed by atoms with Crippen LogP contribution in [-0.4, -0.2) is 54.9 Å². The lowest BCUT2D eigenvalue weighted by molar-refractivity contribution is -0.154. The number of amides is 2. The normalized spacial score (nSPS) is 12.2. The first-order valence-electron chi connectivity index (χ1n) is 10.2.